The van der Waals surface area contributed by atoms with E-state index in [1.807, 2.05) is 32.0 Å². The fourth-order valence-corrected chi connectivity index (χ4v) is 5.66. The molecule has 0 saturated carbocycles. The molecule has 0 atom stereocenters. The lowest BCUT2D eigenvalue weighted by molar-refractivity contribution is -0.118. The number of halogens is 2. The van der Waals surface area contributed by atoms with E-state index < -0.39 is 5.97 Å². The Bertz CT molecular complexity index is 1190. The Labute approximate surface area is 228 Å². The zero-order chi connectivity index (χ0) is 24.7. The highest BCUT2D eigenvalue weighted by atomic mass is 127. The average Bonchev–Trinajstić information content (AvgIpc) is 2.77. The molecule has 0 fully saturated rings. The van der Waals surface area contributed by atoms with Gasteiger partial charge in [0.25, 0.3) is 5.91 Å². The van der Waals surface area contributed by atoms with Gasteiger partial charge in [0.15, 0.2) is 5.16 Å². The number of nitrogens with zero attached hydrogens (tertiary/aromatic N) is 3. The fourth-order valence-electron chi connectivity index (χ4n) is 2.79. The van der Waals surface area contributed by atoms with Crippen LogP contribution in [0.15, 0.2) is 52.7 Å². The number of carbonyl (C=O) groups excluding carboxylic acids is 1. The van der Waals surface area contributed by atoms with Crippen LogP contribution in [0, 0.1) is 21.0 Å². The van der Waals surface area contributed by atoms with Gasteiger partial charge in [-0.1, -0.05) is 23.9 Å². The molecular weight excluding hydrogens is 682 g/mol. The molecule has 0 aliphatic carbocycles. The molecule has 0 radical (unpaired) electrons. The molecule has 0 saturated heterocycles. The molecule has 0 unspecified atom stereocenters. The fraction of sp³-hybridized carbons (Fsp3) is 0.174. The Kier molecular flexibility index (Phi) is 9.64. The molecule has 3 rings (SSSR count). The van der Waals surface area contributed by atoms with Gasteiger partial charge in [-0.15, -0.1) is 0 Å². The summed E-state index contributed by atoms with van der Waals surface area (Å²) < 4.78 is 7.73. The predicted molar refractivity (Wildman–Crippen MR) is 148 cm³/mol. The number of hydrazone groups is 1. The molecule has 1 heterocycles. The first-order valence-electron chi connectivity index (χ1n) is 9.92. The number of nitrogens with one attached hydrogen (secondary N) is 1. The summed E-state index contributed by atoms with van der Waals surface area (Å²) >= 11 is 5.63. The topological polar surface area (TPSA) is 114 Å². The van der Waals surface area contributed by atoms with E-state index >= 15 is 0 Å². The van der Waals surface area contributed by atoms with Crippen LogP contribution in [0.25, 0.3) is 0 Å². The summed E-state index contributed by atoms with van der Waals surface area (Å²) in [7, 11) is 0. The number of aromatic nitrogens is 2. The molecule has 176 valence electrons. The summed E-state index contributed by atoms with van der Waals surface area (Å²) in [5.41, 5.74) is 6.17. The minimum absolute atomic E-state index is 0.162. The molecule has 1 aromatic heterocycles. The molecule has 2 N–H and O–H groups in total. The van der Waals surface area contributed by atoms with Gasteiger partial charge in [-0.05, 0) is 100 Å². The zero-order valence-electron chi connectivity index (χ0n) is 18.2. The largest absolute Gasteiger partial charge is 0.487 e. The Morgan fingerprint density at radius 2 is 1.71 bits per heavy atom. The van der Waals surface area contributed by atoms with Crippen molar-refractivity contribution in [1.82, 2.24) is 15.4 Å². The lowest BCUT2D eigenvalue weighted by Crippen LogP contribution is -2.19. The minimum Gasteiger partial charge on any atom is -0.487 e. The molecular formula is C23H20I2N4O4S. The maximum Gasteiger partial charge on any atom is 0.335 e. The van der Waals surface area contributed by atoms with Crippen molar-refractivity contribution in [3.05, 3.63) is 77.7 Å². The van der Waals surface area contributed by atoms with Crippen LogP contribution in [0.2, 0.25) is 0 Å². The van der Waals surface area contributed by atoms with Crippen LogP contribution in [0.1, 0.15) is 32.9 Å². The number of rotatable bonds is 9. The number of aryl methyl sites for hydroxylation is 2. The van der Waals surface area contributed by atoms with Gasteiger partial charge < -0.3 is 9.84 Å². The molecule has 8 nitrogen and oxygen atoms in total. The second-order valence-corrected chi connectivity index (χ2v) is 10.4. The SMILES string of the molecule is Cc1cc(C)nc(SCC(=O)N/N=C\c2cc(I)c(OCc3ccc(C(=O)O)cc3)c(I)c2)n1. The molecule has 0 bridgehead atoms. The van der Waals surface area contributed by atoms with Gasteiger partial charge in [0, 0.05) is 11.4 Å². The van der Waals surface area contributed by atoms with Crippen LogP contribution in [-0.2, 0) is 11.4 Å². The van der Waals surface area contributed by atoms with Crippen molar-refractivity contribution < 1.29 is 19.4 Å². The number of amides is 1. The van der Waals surface area contributed by atoms with Gasteiger partial charge in [-0.2, -0.15) is 5.10 Å². The smallest absolute Gasteiger partial charge is 0.335 e. The van der Waals surface area contributed by atoms with Crippen LogP contribution in [0.3, 0.4) is 0 Å². The van der Waals surface area contributed by atoms with Gasteiger partial charge >= 0.3 is 5.97 Å². The van der Waals surface area contributed by atoms with E-state index in [0.717, 1.165) is 35.4 Å². The molecule has 11 heteroatoms. The highest BCUT2D eigenvalue weighted by Gasteiger charge is 2.10. The summed E-state index contributed by atoms with van der Waals surface area (Å²) in [5, 5.41) is 13.6. The molecule has 0 aliphatic heterocycles. The van der Waals surface area contributed by atoms with E-state index in [1.165, 1.54) is 11.8 Å². The highest BCUT2D eigenvalue weighted by molar-refractivity contribution is 14.1. The van der Waals surface area contributed by atoms with Crippen molar-refractivity contribution in [3.8, 4) is 5.75 Å². The Morgan fingerprint density at radius 1 is 1.09 bits per heavy atom. The van der Waals surface area contributed by atoms with Crippen molar-refractivity contribution in [3.63, 3.8) is 0 Å². The van der Waals surface area contributed by atoms with E-state index in [-0.39, 0.29) is 17.2 Å². The number of carbonyl (C=O) groups is 2. The van der Waals surface area contributed by atoms with Gasteiger partial charge in [0.2, 0.25) is 0 Å². The van der Waals surface area contributed by atoms with Crippen LogP contribution >= 0.6 is 56.9 Å². The van der Waals surface area contributed by atoms with E-state index in [2.05, 4.69) is 65.7 Å². The third-order valence-electron chi connectivity index (χ3n) is 4.30. The summed E-state index contributed by atoms with van der Waals surface area (Å²) in [6.45, 7) is 4.10. The Hall–Kier alpha value is -2.26. The molecule has 2 aromatic carbocycles. The van der Waals surface area contributed by atoms with Crippen molar-refractivity contribution in [2.75, 3.05) is 5.75 Å². The first-order chi connectivity index (χ1) is 16.2. The molecule has 0 aliphatic rings. The van der Waals surface area contributed by atoms with Crippen LogP contribution < -0.4 is 10.2 Å². The Balaban J connectivity index is 1.54. The van der Waals surface area contributed by atoms with E-state index in [9.17, 15) is 9.59 Å². The van der Waals surface area contributed by atoms with Crippen molar-refractivity contribution in [2.45, 2.75) is 25.6 Å². The third kappa shape index (κ3) is 7.91. The number of ether oxygens (including phenoxy) is 1. The third-order valence-corrected chi connectivity index (χ3v) is 6.75. The molecule has 0 spiro atoms. The lowest BCUT2D eigenvalue weighted by Gasteiger charge is -2.11. The quantitative estimate of drug-likeness (QED) is 0.108. The lowest BCUT2D eigenvalue weighted by atomic mass is 10.1. The summed E-state index contributed by atoms with van der Waals surface area (Å²) in [5.74, 6) is -0.314. The monoisotopic (exact) mass is 702 g/mol. The maximum absolute atomic E-state index is 12.1. The van der Waals surface area contributed by atoms with Crippen LogP contribution in [-0.4, -0.2) is 38.9 Å². The number of thioether (sulfide) groups is 1. The van der Waals surface area contributed by atoms with Gasteiger partial charge in [0.05, 0.1) is 24.7 Å². The van der Waals surface area contributed by atoms with E-state index in [0.29, 0.717) is 11.8 Å². The first kappa shape index (κ1) is 26.3. The number of hydrogen-bond acceptors (Lipinski definition) is 7. The summed E-state index contributed by atoms with van der Waals surface area (Å²) in [4.78, 5) is 31.7. The van der Waals surface area contributed by atoms with E-state index in [4.69, 9.17) is 9.84 Å². The maximum atomic E-state index is 12.1. The number of aromatic carboxylic acids is 1. The summed E-state index contributed by atoms with van der Waals surface area (Å²) in [6, 6.07) is 12.3. The van der Waals surface area contributed by atoms with Crippen molar-refractivity contribution >= 4 is 75.0 Å². The number of carboxylic acids is 1. The minimum atomic E-state index is -0.959. The predicted octanol–water partition coefficient (Wildman–Crippen LogP) is 4.82. The Morgan fingerprint density at radius 3 is 2.29 bits per heavy atom. The second-order valence-electron chi connectivity index (χ2n) is 7.12. The highest BCUT2D eigenvalue weighted by Crippen LogP contribution is 2.29. The van der Waals surface area contributed by atoms with Crippen molar-refractivity contribution in [2.24, 2.45) is 5.10 Å². The van der Waals surface area contributed by atoms with Crippen LogP contribution in [0.4, 0.5) is 0 Å². The van der Waals surface area contributed by atoms with Gasteiger partial charge in [-0.3, -0.25) is 4.79 Å². The number of carboxylic acid groups (broad SMARTS) is 1. The molecule has 1 amide bonds. The van der Waals surface area contributed by atoms with E-state index in [1.54, 1.807) is 30.5 Å². The molecule has 3 aromatic rings. The number of benzene rings is 2. The van der Waals surface area contributed by atoms with Gasteiger partial charge in [0.1, 0.15) is 12.4 Å². The number of hydrogen-bond donors (Lipinski definition) is 2. The standard InChI is InChI=1S/C23H20I2N4O4S/c1-13-7-14(2)28-23(27-13)34-12-20(30)29-26-10-16-8-18(24)21(19(25)9-16)33-11-15-3-5-17(6-4-15)22(31)32/h3-10H,11-12H2,1-2H3,(H,29,30)(H,31,32)/b26-10-. The van der Waals surface area contributed by atoms with Crippen LogP contribution in [0.5, 0.6) is 5.75 Å². The molecule has 34 heavy (non-hydrogen) atoms. The summed E-state index contributed by atoms with van der Waals surface area (Å²) in [6.07, 6.45) is 1.58. The van der Waals surface area contributed by atoms with Gasteiger partial charge in [-0.25, -0.2) is 20.2 Å². The zero-order valence-corrected chi connectivity index (χ0v) is 23.3. The average molecular weight is 702 g/mol. The first-order valence-corrected chi connectivity index (χ1v) is 13.1. The van der Waals surface area contributed by atoms with Crippen molar-refractivity contribution in [1.29, 1.82) is 0 Å². The second kappa shape index (κ2) is 12.4. The normalized spacial score (nSPS) is 10.9.